The summed E-state index contributed by atoms with van der Waals surface area (Å²) in [5, 5.41) is 0. The van der Waals surface area contributed by atoms with Crippen molar-refractivity contribution >= 4 is 27.8 Å². The van der Waals surface area contributed by atoms with E-state index in [1.165, 1.54) is 12.1 Å². The maximum Gasteiger partial charge on any atom is 0.335 e. The molecule has 3 heterocycles. The third-order valence-electron chi connectivity index (χ3n) is 7.51. The van der Waals surface area contributed by atoms with Gasteiger partial charge in [0.25, 0.3) is 10.0 Å². The summed E-state index contributed by atoms with van der Waals surface area (Å²) in [6.07, 6.45) is 6.42. The summed E-state index contributed by atoms with van der Waals surface area (Å²) in [5.74, 6) is 0.721. The fraction of sp³-hybridized carbons (Fsp3) is 0.500. The van der Waals surface area contributed by atoms with Gasteiger partial charge in [-0.15, -0.1) is 0 Å². The van der Waals surface area contributed by atoms with Gasteiger partial charge in [-0.2, -0.15) is 0 Å². The number of pyridine rings is 1. The lowest BCUT2D eigenvalue weighted by Crippen LogP contribution is -2.56. The maximum absolute atomic E-state index is 13.8. The highest BCUT2D eigenvalue weighted by molar-refractivity contribution is 7.89. The van der Waals surface area contributed by atoms with Crippen LogP contribution in [0.4, 0.5) is 10.6 Å². The van der Waals surface area contributed by atoms with Crippen molar-refractivity contribution in [3.8, 4) is 0 Å². The van der Waals surface area contributed by atoms with Crippen LogP contribution in [-0.4, -0.2) is 84.3 Å². The Bertz CT molecular complexity index is 1210. The second-order valence-corrected chi connectivity index (χ2v) is 11.7. The van der Waals surface area contributed by atoms with Gasteiger partial charge >= 0.3 is 6.03 Å². The SMILES string of the molecule is Cc1ccnc(N2CCN(C(=O)[C@@H]3CN(S(=O)(=O)c4ccccc4)C(=O)N3C3CCCCC3)CC2)c1. The van der Waals surface area contributed by atoms with Gasteiger partial charge in [-0.1, -0.05) is 37.5 Å². The molecule has 3 aliphatic rings. The van der Waals surface area contributed by atoms with Gasteiger partial charge in [0, 0.05) is 38.4 Å². The molecule has 0 unspecified atom stereocenters. The first kappa shape index (κ1) is 24.5. The Kier molecular flexibility index (Phi) is 6.87. The first-order valence-electron chi connectivity index (χ1n) is 12.7. The Morgan fingerprint density at radius 1 is 0.972 bits per heavy atom. The van der Waals surface area contributed by atoms with Gasteiger partial charge in [0.2, 0.25) is 5.91 Å². The molecule has 1 saturated carbocycles. The lowest BCUT2D eigenvalue weighted by Gasteiger charge is -2.39. The van der Waals surface area contributed by atoms with Gasteiger partial charge < -0.3 is 14.7 Å². The number of carbonyl (C=O) groups excluding carboxylic acids is 2. The van der Waals surface area contributed by atoms with Gasteiger partial charge in [0.1, 0.15) is 11.9 Å². The quantitative estimate of drug-likeness (QED) is 0.613. The zero-order valence-electron chi connectivity index (χ0n) is 20.6. The van der Waals surface area contributed by atoms with Crippen LogP contribution in [0.2, 0.25) is 0 Å². The largest absolute Gasteiger partial charge is 0.353 e. The summed E-state index contributed by atoms with van der Waals surface area (Å²) < 4.78 is 27.7. The van der Waals surface area contributed by atoms with Gasteiger partial charge in [0.15, 0.2) is 0 Å². The number of sulfonamides is 1. The molecule has 1 aliphatic carbocycles. The number of rotatable bonds is 5. The smallest absolute Gasteiger partial charge is 0.335 e. The Morgan fingerprint density at radius 3 is 2.33 bits per heavy atom. The minimum Gasteiger partial charge on any atom is -0.353 e. The van der Waals surface area contributed by atoms with Crippen LogP contribution in [-0.2, 0) is 14.8 Å². The van der Waals surface area contributed by atoms with Crippen molar-refractivity contribution in [3.63, 3.8) is 0 Å². The van der Waals surface area contributed by atoms with E-state index in [1.807, 2.05) is 19.1 Å². The highest BCUT2D eigenvalue weighted by Gasteiger charge is 2.50. The molecule has 0 spiro atoms. The third-order valence-corrected chi connectivity index (χ3v) is 9.26. The number of anilines is 1. The molecule has 3 fully saturated rings. The summed E-state index contributed by atoms with van der Waals surface area (Å²) in [4.78, 5) is 37.4. The maximum atomic E-state index is 13.8. The average Bonchev–Trinajstić information content (AvgIpc) is 3.27. The van der Waals surface area contributed by atoms with Crippen molar-refractivity contribution in [2.75, 3.05) is 37.6 Å². The minimum absolute atomic E-state index is 0.0642. The summed E-state index contributed by atoms with van der Waals surface area (Å²) in [5.41, 5.74) is 1.13. The molecule has 2 aromatic rings. The molecule has 0 bridgehead atoms. The lowest BCUT2D eigenvalue weighted by molar-refractivity contribution is -0.136. The van der Waals surface area contributed by atoms with Crippen molar-refractivity contribution in [3.05, 3.63) is 54.2 Å². The van der Waals surface area contributed by atoms with Crippen LogP contribution in [0.25, 0.3) is 0 Å². The van der Waals surface area contributed by atoms with E-state index < -0.39 is 22.1 Å². The average molecular weight is 512 g/mol. The van der Waals surface area contributed by atoms with Crippen LogP contribution in [0.3, 0.4) is 0 Å². The summed E-state index contributed by atoms with van der Waals surface area (Å²) in [7, 11) is -4.05. The molecule has 3 amide bonds. The molecule has 2 saturated heterocycles. The van der Waals surface area contributed by atoms with Crippen LogP contribution in [0.15, 0.2) is 53.6 Å². The molecule has 1 aromatic heterocycles. The van der Waals surface area contributed by atoms with Gasteiger partial charge in [-0.3, -0.25) is 4.79 Å². The molecule has 36 heavy (non-hydrogen) atoms. The highest BCUT2D eigenvalue weighted by Crippen LogP contribution is 2.32. The molecule has 0 radical (unpaired) electrons. The van der Waals surface area contributed by atoms with Crippen LogP contribution >= 0.6 is 0 Å². The number of hydrogen-bond acceptors (Lipinski definition) is 6. The van der Waals surface area contributed by atoms with Crippen molar-refractivity contribution in [2.45, 2.75) is 56.0 Å². The van der Waals surface area contributed by atoms with Crippen molar-refractivity contribution < 1.29 is 18.0 Å². The molecule has 5 rings (SSSR count). The molecule has 0 N–H and O–H groups in total. The minimum atomic E-state index is -4.05. The molecule has 1 atom stereocenters. The van der Waals surface area contributed by atoms with Gasteiger partial charge in [-0.25, -0.2) is 22.5 Å². The number of piperazine rings is 1. The summed E-state index contributed by atoms with van der Waals surface area (Å²) >= 11 is 0. The Hall–Kier alpha value is -3.14. The predicted molar refractivity (Wildman–Crippen MR) is 136 cm³/mol. The first-order chi connectivity index (χ1) is 17.4. The molecule has 2 aliphatic heterocycles. The number of urea groups is 1. The van der Waals surface area contributed by atoms with E-state index in [-0.39, 0.29) is 23.4 Å². The van der Waals surface area contributed by atoms with Gasteiger partial charge in [0.05, 0.1) is 11.4 Å². The van der Waals surface area contributed by atoms with E-state index in [4.69, 9.17) is 0 Å². The number of amides is 3. The van der Waals surface area contributed by atoms with Crippen LogP contribution in [0, 0.1) is 6.92 Å². The highest BCUT2D eigenvalue weighted by atomic mass is 32.2. The normalized spacial score (nSPS) is 21.8. The fourth-order valence-electron chi connectivity index (χ4n) is 5.53. The number of aromatic nitrogens is 1. The fourth-order valence-corrected chi connectivity index (χ4v) is 6.93. The topological polar surface area (TPSA) is 94.1 Å². The number of aryl methyl sites for hydroxylation is 1. The Labute approximate surface area is 212 Å². The van der Waals surface area contributed by atoms with E-state index in [0.717, 1.165) is 47.8 Å². The zero-order valence-corrected chi connectivity index (χ0v) is 21.4. The van der Waals surface area contributed by atoms with Crippen LogP contribution in [0.1, 0.15) is 37.7 Å². The summed E-state index contributed by atoms with van der Waals surface area (Å²) in [6.45, 7) is 4.16. The van der Waals surface area contributed by atoms with E-state index in [1.54, 1.807) is 34.2 Å². The lowest BCUT2D eigenvalue weighted by atomic mass is 9.93. The number of carbonyl (C=O) groups is 2. The molecule has 10 heteroatoms. The molecule has 9 nitrogen and oxygen atoms in total. The van der Waals surface area contributed by atoms with Crippen LogP contribution in [0.5, 0.6) is 0 Å². The van der Waals surface area contributed by atoms with E-state index in [2.05, 4.69) is 9.88 Å². The predicted octanol–water partition coefficient (Wildman–Crippen LogP) is 2.87. The number of hydrogen-bond donors (Lipinski definition) is 0. The van der Waals surface area contributed by atoms with Crippen molar-refractivity contribution in [1.82, 2.24) is 19.1 Å². The number of benzene rings is 1. The summed E-state index contributed by atoms with van der Waals surface area (Å²) in [6, 6.07) is 10.5. The Balaban J connectivity index is 1.36. The second-order valence-electron chi connectivity index (χ2n) is 9.85. The van der Waals surface area contributed by atoms with Gasteiger partial charge in [-0.05, 0) is 49.6 Å². The zero-order chi connectivity index (χ0) is 25.3. The molecular formula is C26H33N5O4S. The van der Waals surface area contributed by atoms with Crippen molar-refractivity contribution in [2.24, 2.45) is 0 Å². The van der Waals surface area contributed by atoms with Crippen molar-refractivity contribution in [1.29, 1.82) is 0 Å². The number of nitrogens with zero attached hydrogens (tertiary/aromatic N) is 5. The van der Waals surface area contributed by atoms with E-state index in [9.17, 15) is 18.0 Å². The molecule has 192 valence electrons. The monoisotopic (exact) mass is 511 g/mol. The Morgan fingerprint density at radius 2 is 1.67 bits per heavy atom. The second kappa shape index (κ2) is 10.1. The first-order valence-corrected chi connectivity index (χ1v) is 14.2. The molecular weight excluding hydrogens is 478 g/mol. The third kappa shape index (κ3) is 4.66. The standard InChI is InChI=1S/C26H33N5O4S/c1-20-12-13-27-24(18-20)28-14-16-29(17-15-28)25(32)23-19-30(36(34,35)22-10-6-3-7-11-22)26(33)31(23)21-8-4-2-5-9-21/h3,6-7,10-13,18,21,23H,2,4-5,8-9,14-17,19H2,1H3/t23-/m0/s1. The van der Waals surface area contributed by atoms with E-state index >= 15 is 0 Å². The van der Waals surface area contributed by atoms with Crippen LogP contribution < -0.4 is 4.90 Å². The molecule has 1 aromatic carbocycles. The van der Waals surface area contributed by atoms with E-state index in [0.29, 0.717) is 26.2 Å².